The van der Waals surface area contributed by atoms with Crippen LogP contribution in [0.5, 0.6) is 0 Å². The van der Waals surface area contributed by atoms with Crippen LogP contribution in [0.1, 0.15) is 19.4 Å². The van der Waals surface area contributed by atoms with Gasteiger partial charge in [-0.1, -0.05) is 44.2 Å². The molecule has 1 unspecified atom stereocenters. The highest BCUT2D eigenvalue weighted by molar-refractivity contribution is 7.98. The summed E-state index contributed by atoms with van der Waals surface area (Å²) in [6.07, 6.45) is -1.19. The zero-order valence-electron chi connectivity index (χ0n) is 12.0. The van der Waals surface area contributed by atoms with Gasteiger partial charge in [0.05, 0.1) is 6.61 Å². The second-order valence-corrected chi connectivity index (χ2v) is 6.48. The lowest BCUT2D eigenvalue weighted by Crippen LogP contribution is -2.46. The molecule has 0 saturated carbocycles. The van der Waals surface area contributed by atoms with Crippen molar-refractivity contribution in [1.29, 1.82) is 0 Å². The second kappa shape index (κ2) is 8.29. The molecule has 0 bridgehead atoms. The summed E-state index contributed by atoms with van der Waals surface area (Å²) in [6, 6.07) is 10.1. The van der Waals surface area contributed by atoms with Crippen molar-refractivity contribution in [2.45, 2.75) is 25.7 Å². The summed E-state index contributed by atoms with van der Waals surface area (Å²) in [7, 11) is 0. The van der Waals surface area contributed by atoms with Gasteiger partial charge in [-0.25, -0.2) is 0 Å². The SMILES string of the molecule is CC(C)(CO)C(O)C(=O)NCCSCc1ccccc1. The lowest BCUT2D eigenvalue weighted by atomic mass is 9.87. The maximum absolute atomic E-state index is 11.7. The number of aliphatic hydroxyl groups is 2. The molecular formula is C15H23NO3S. The Balaban J connectivity index is 2.19. The molecule has 4 nitrogen and oxygen atoms in total. The van der Waals surface area contributed by atoms with Gasteiger partial charge in [0, 0.05) is 23.5 Å². The number of thioether (sulfide) groups is 1. The molecule has 0 radical (unpaired) electrons. The lowest BCUT2D eigenvalue weighted by Gasteiger charge is -2.27. The summed E-state index contributed by atoms with van der Waals surface area (Å²) in [6.45, 7) is 3.59. The number of hydrogen-bond donors (Lipinski definition) is 3. The van der Waals surface area contributed by atoms with Crippen LogP contribution in [-0.4, -0.2) is 41.1 Å². The highest BCUT2D eigenvalue weighted by Crippen LogP contribution is 2.19. The van der Waals surface area contributed by atoms with Crippen LogP contribution < -0.4 is 5.32 Å². The normalized spacial score (nSPS) is 13.0. The van der Waals surface area contributed by atoms with Crippen molar-refractivity contribution in [2.24, 2.45) is 5.41 Å². The third-order valence-corrected chi connectivity index (χ3v) is 4.08. The maximum Gasteiger partial charge on any atom is 0.249 e. The average Bonchev–Trinajstić information content (AvgIpc) is 2.47. The number of aliphatic hydroxyl groups excluding tert-OH is 2. The molecule has 3 N–H and O–H groups in total. The van der Waals surface area contributed by atoms with E-state index in [4.69, 9.17) is 5.11 Å². The van der Waals surface area contributed by atoms with Crippen molar-refractivity contribution in [1.82, 2.24) is 5.32 Å². The van der Waals surface area contributed by atoms with Crippen molar-refractivity contribution in [2.75, 3.05) is 18.9 Å². The summed E-state index contributed by atoms with van der Waals surface area (Å²) < 4.78 is 0. The Morgan fingerprint density at radius 2 is 2.00 bits per heavy atom. The first-order valence-corrected chi connectivity index (χ1v) is 7.81. The monoisotopic (exact) mass is 297 g/mol. The predicted molar refractivity (Wildman–Crippen MR) is 82.5 cm³/mol. The average molecular weight is 297 g/mol. The number of benzene rings is 1. The van der Waals surface area contributed by atoms with Gasteiger partial charge in [0.15, 0.2) is 0 Å². The third-order valence-electron chi connectivity index (χ3n) is 3.05. The van der Waals surface area contributed by atoms with E-state index in [9.17, 15) is 9.90 Å². The van der Waals surface area contributed by atoms with E-state index < -0.39 is 17.4 Å². The molecule has 1 amide bonds. The molecule has 0 aromatic heterocycles. The first-order chi connectivity index (χ1) is 9.47. The minimum Gasteiger partial charge on any atom is -0.396 e. The number of rotatable bonds is 8. The first-order valence-electron chi connectivity index (χ1n) is 6.65. The van der Waals surface area contributed by atoms with E-state index in [2.05, 4.69) is 17.4 Å². The summed E-state index contributed by atoms with van der Waals surface area (Å²) in [5.74, 6) is 1.26. The molecule has 112 valence electrons. The molecular weight excluding hydrogens is 274 g/mol. The van der Waals surface area contributed by atoms with Gasteiger partial charge in [-0.15, -0.1) is 0 Å². The molecule has 0 saturated heterocycles. The molecule has 1 aromatic rings. The van der Waals surface area contributed by atoms with E-state index in [0.29, 0.717) is 6.54 Å². The summed E-state index contributed by atoms with van der Waals surface area (Å²) >= 11 is 1.73. The van der Waals surface area contributed by atoms with Gasteiger partial charge in [-0.05, 0) is 5.56 Å². The molecule has 1 rings (SSSR count). The van der Waals surface area contributed by atoms with Gasteiger partial charge in [0.2, 0.25) is 5.91 Å². The van der Waals surface area contributed by atoms with Gasteiger partial charge in [-0.3, -0.25) is 4.79 Å². The number of carbonyl (C=O) groups excluding carboxylic acids is 1. The Morgan fingerprint density at radius 3 is 2.60 bits per heavy atom. The largest absolute Gasteiger partial charge is 0.396 e. The van der Waals surface area contributed by atoms with E-state index in [1.807, 2.05) is 18.2 Å². The summed E-state index contributed by atoms with van der Waals surface area (Å²) in [5, 5.41) is 21.6. The predicted octanol–water partition coefficient (Wildman–Crippen LogP) is 1.42. The number of nitrogens with one attached hydrogen (secondary N) is 1. The van der Waals surface area contributed by atoms with Crippen molar-refractivity contribution in [3.05, 3.63) is 35.9 Å². The zero-order valence-corrected chi connectivity index (χ0v) is 12.8. The fraction of sp³-hybridized carbons (Fsp3) is 0.533. The highest BCUT2D eigenvalue weighted by Gasteiger charge is 2.32. The molecule has 1 aromatic carbocycles. The smallest absolute Gasteiger partial charge is 0.249 e. The summed E-state index contributed by atoms with van der Waals surface area (Å²) in [4.78, 5) is 11.7. The van der Waals surface area contributed by atoms with Crippen LogP contribution in [0.15, 0.2) is 30.3 Å². The zero-order chi connectivity index (χ0) is 15.0. The molecule has 1 atom stereocenters. The number of hydrogen-bond acceptors (Lipinski definition) is 4. The van der Waals surface area contributed by atoms with E-state index in [1.54, 1.807) is 25.6 Å². The van der Waals surface area contributed by atoms with Gasteiger partial charge in [0.1, 0.15) is 6.10 Å². The Bertz CT molecular complexity index is 409. The molecule has 5 heteroatoms. The molecule has 20 heavy (non-hydrogen) atoms. The van der Waals surface area contributed by atoms with Crippen LogP contribution in [0.3, 0.4) is 0 Å². The lowest BCUT2D eigenvalue weighted by molar-refractivity contribution is -0.136. The van der Waals surface area contributed by atoms with Crippen LogP contribution >= 0.6 is 11.8 Å². The minimum absolute atomic E-state index is 0.232. The van der Waals surface area contributed by atoms with Crippen molar-refractivity contribution in [3.8, 4) is 0 Å². The fourth-order valence-electron chi connectivity index (χ4n) is 1.55. The van der Waals surface area contributed by atoms with Gasteiger partial charge in [0.25, 0.3) is 0 Å². The van der Waals surface area contributed by atoms with E-state index in [0.717, 1.165) is 11.5 Å². The highest BCUT2D eigenvalue weighted by atomic mass is 32.2. The van der Waals surface area contributed by atoms with Crippen LogP contribution in [0.4, 0.5) is 0 Å². The van der Waals surface area contributed by atoms with Crippen molar-refractivity contribution < 1.29 is 15.0 Å². The summed E-state index contributed by atoms with van der Waals surface area (Å²) in [5.41, 5.74) is 0.437. The number of amides is 1. The maximum atomic E-state index is 11.7. The van der Waals surface area contributed by atoms with Crippen LogP contribution in [-0.2, 0) is 10.5 Å². The number of carbonyl (C=O) groups is 1. The first kappa shape index (κ1) is 17.0. The molecule has 0 aliphatic heterocycles. The van der Waals surface area contributed by atoms with Crippen LogP contribution in [0.2, 0.25) is 0 Å². The van der Waals surface area contributed by atoms with Crippen LogP contribution in [0.25, 0.3) is 0 Å². The molecule has 0 spiro atoms. The van der Waals surface area contributed by atoms with Gasteiger partial charge < -0.3 is 15.5 Å². The van der Waals surface area contributed by atoms with Crippen molar-refractivity contribution >= 4 is 17.7 Å². The molecule has 0 aliphatic carbocycles. The molecule has 0 fully saturated rings. The van der Waals surface area contributed by atoms with Gasteiger partial charge >= 0.3 is 0 Å². The minimum atomic E-state index is -1.19. The molecule has 0 aliphatic rings. The Labute approximate surface area is 124 Å². The van der Waals surface area contributed by atoms with E-state index in [-0.39, 0.29) is 6.61 Å². The standard InChI is InChI=1S/C15H23NO3S/c1-15(2,11-17)13(18)14(19)16-8-9-20-10-12-6-4-3-5-7-12/h3-7,13,17-18H,8-11H2,1-2H3,(H,16,19). The molecule has 0 heterocycles. The van der Waals surface area contributed by atoms with E-state index in [1.165, 1.54) is 5.56 Å². The Hall–Kier alpha value is -1.04. The third kappa shape index (κ3) is 5.53. The van der Waals surface area contributed by atoms with Crippen LogP contribution in [0, 0.1) is 5.41 Å². The Morgan fingerprint density at radius 1 is 1.35 bits per heavy atom. The van der Waals surface area contributed by atoms with Crippen molar-refractivity contribution in [3.63, 3.8) is 0 Å². The van der Waals surface area contributed by atoms with Gasteiger partial charge in [-0.2, -0.15) is 11.8 Å². The quantitative estimate of drug-likeness (QED) is 0.635. The fourth-order valence-corrected chi connectivity index (χ4v) is 2.37. The van der Waals surface area contributed by atoms with E-state index >= 15 is 0 Å². The second-order valence-electron chi connectivity index (χ2n) is 5.38. The topological polar surface area (TPSA) is 69.6 Å². The Kier molecular flexibility index (Phi) is 7.05.